The lowest BCUT2D eigenvalue weighted by molar-refractivity contribution is -0.136. The van der Waals surface area contributed by atoms with Gasteiger partial charge in [-0.3, -0.25) is 4.79 Å². The van der Waals surface area contributed by atoms with E-state index in [4.69, 9.17) is 9.15 Å². The van der Waals surface area contributed by atoms with Gasteiger partial charge in [-0.05, 0) is 38.0 Å². The van der Waals surface area contributed by atoms with Crippen molar-refractivity contribution in [1.29, 1.82) is 0 Å². The van der Waals surface area contributed by atoms with E-state index in [9.17, 15) is 9.59 Å². The van der Waals surface area contributed by atoms with Crippen molar-refractivity contribution in [2.75, 3.05) is 7.11 Å². The molecule has 1 aromatic rings. The van der Waals surface area contributed by atoms with E-state index in [1.807, 2.05) is 6.92 Å². The largest absolute Gasteiger partial charge is 0.465 e. The van der Waals surface area contributed by atoms with Crippen LogP contribution in [0.5, 0.6) is 0 Å². The lowest BCUT2D eigenvalue weighted by atomic mass is 10.1. The van der Waals surface area contributed by atoms with Crippen molar-refractivity contribution in [2.24, 2.45) is 0 Å². The third kappa shape index (κ3) is 2.36. The minimum absolute atomic E-state index is 0.138. The summed E-state index contributed by atoms with van der Waals surface area (Å²) in [7, 11) is 1.33. The third-order valence-corrected chi connectivity index (χ3v) is 4.35. The smallest absolute Gasteiger partial charge is 0.340 e. The van der Waals surface area contributed by atoms with Crippen molar-refractivity contribution >= 4 is 18.0 Å². The van der Waals surface area contributed by atoms with Gasteiger partial charge in [0.1, 0.15) is 5.76 Å². The second-order valence-electron chi connectivity index (χ2n) is 5.64. The molecule has 1 aliphatic carbocycles. The minimum Gasteiger partial charge on any atom is -0.465 e. The highest BCUT2D eigenvalue weighted by Gasteiger charge is 2.41. The molecule has 1 aromatic heterocycles. The molecule has 1 fully saturated rings. The summed E-state index contributed by atoms with van der Waals surface area (Å²) in [4.78, 5) is 26.7. The van der Waals surface area contributed by atoms with Crippen LogP contribution in [0.25, 0.3) is 6.08 Å². The summed E-state index contributed by atoms with van der Waals surface area (Å²) in [5.74, 6) is -0.0730. The summed E-state index contributed by atoms with van der Waals surface area (Å²) in [5.41, 5.74) is 1.38. The van der Waals surface area contributed by atoms with Gasteiger partial charge in [-0.2, -0.15) is 0 Å². The molecule has 0 unspecified atom stereocenters. The van der Waals surface area contributed by atoms with Gasteiger partial charge in [0.25, 0.3) is 5.91 Å². The molecule has 1 amide bonds. The summed E-state index contributed by atoms with van der Waals surface area (Å²) in [6, 6.07) is 3.67. The molecule has 22 heavy (non-hydrogen) atoms. The lowest BCUT2D eigenvalue weighted by Gasteiger charge is -2.25. The quantitative estimate of drug-likeness (QED) is 0.636. The number of carbonyl (C=O) groups is 2. The average Bonchev–Trinajstić information content (AvgIpc) is 3.22. The van der Waals surface area contributed by atoms with Crippen LogP contribution in [-0.2, 0) is 14.3 Å². The van der Waals surface area contributed by atoms with E-state index in [1.165, 1.54) is 13.4 Å². The van der Waals surface area contributed by atoms with E-state index in [-0.39, 0.29) is 11.9 Å². The Morgan fingerprint density at radius 2 is 2.14 bits per heavy atom. The second kappa shape index (κ2) is 5.83. The van der Waals surface area contributed by atoms with Gasteiger partial charge in [-0.25, -0.2) is 4.79 Å². The summed E-state index contributed by atoms with van der Waals surface area (Å²) in [6.45, 7) is 1.81. The number of nitrogens with zero attached hydrogens (tertiary/aromatic N) is 1. The molecule has 3 rings (SSSR count). The summed E-state index contributed by atoms with van der Waals surface area (Å²) in [6.07, 6.45) is 7.35. The summed E-state index contributed by atoms with van der Waals surface area (Å²) < 4.78 is 10.1. The van der Waals surface area contributed by atoms with Gasteiger partial charge in [0, 0.05) is 11.7 Å². The van der Waals surface area contributed by atoms with Gasteiger partial charge >= 0.3 is 5.97 Å². The van der Waals surface area contributed by atoms with E-state index >= 15 is 0 Å². The average molecular weight is 301 g/mol. The Morgan fingerprint density at radius 3 is 2.73 bits per heavy atom. The van der Waals surface area contributed by atoms with Crippen LogP contribution in [0, 0.1) is 0 Å². The Labute approximate surface area is 129 Å². The van der Waals surface area contributed by atoms with Gasteiger partial charge in [0.15, 0.2) is 0 Å². The predicted octanol–water partition coefficient (Wildman–Crippen LogP) is 2.89. The number of hydrogen-bond donors (Lipinski definition) is 0. The topological polar surface area (TPSA) is 59.8 Å². The Balaban J connectivity index is 2.05. The fraction of sp³-hybridized carbons (Fsp3) is 0.412. The van der Waals surface area contributed by atoms with Crippen molar-refractivity contribution in [2.45, 2.75) is 38.6 Å². The number of ether oxygens (including phenoxy) is 1. The normalized spacial score (nSPS) is 21.3. The van der Waals surface area contributed by atoms with E-state index < -0.39 is 5.97 Å². The second-order valence-corrected chi connectivity index (χ2v) is 5.64. The SMILES string of the molecule is COC(=O)C1=C(C)N(C2CCCC2)C(=O)/C1=C\c1ccco1. The third-order valence-electron chi connectivity index (χ3n) is 4.35. The summed E-state index contributed by atoms with van der Waals surface area (Å²) in [5, 5.41) is 0. The predicted molar refractivity (Wildman–Crippen MR) is 80.5 cm³/mol. The van der Waals surface area contributed by atoms with E-state index in [0.29, 0.717) is 22.6 Å². The van der Waals surface area contributed by atoms with Crippen LogP contribution in [0.1, 0.15) is 38.4 Å². The van der Waals surface area contributed by atoms with Crippen molar-refractivity contribution in [3.8, 4) is 0 Å². The number of carbonyl (C=O) groups excluding carboxylic acids is 2. The molecule has 0 N–H and O–H groups in total. The van der Waals surface area contributed by atoms with Crippen molar-refractivity contribution in [3.05, 3.63) is 41.0 Å². The number of rotatable bonds is 3. The van der Waals surface area contributed by atoms with Crippen LogP contribution in [0.3, 0.4) is 0 Å². The molecular weight excluding hydrogens is 282 g/mol. The molecule has 0 aromatic carbocycles. The molecule has 1 saturated carbocycles. The Morgan fingerprint density at radius 1 is 1.41 bits per heavy atom. The van der Waals surface area contributed by atoms with Gasteiger partial charge in [-0.1, -0.05) is 12.8 Å². The molecule has 5 nitrogen and oxygen atoms in total. The molecule has 0 bridgehead atoms. The Hall–Kier alpha value is -2.30. The zero-order valence-electron chi connectivity index (χ0n) is 12.8. The fourth-order valence-corrected chi connectivity index (χ4v) is 3.32. The Kier molecular flexibility index (Phi) is 3.88. The molecule has 5 heteroatoms. The van der Waals surface area contributed by atoms with Crippen LogP contribution in [0.15, 0.2) is 39.7 Å². The Bertz CT molecular complexity index is 648. The molecule has 1 aliphatic heterocycles. The van der Waals surface area contributed by atoms with Crippen molar-refractivity contribution in [1.82, 2.24) is 4.90 Å². The first-order chi connectivity index (χ1) is 10.6. The summed E-state index contributed by atoms with van der Waals surface area (Å²) >= 11 is 0. The minimum atomic E-state index is -0.482. The van der Waals surface area contributed by atoms with E-state index in [2.05, 4.69) is 0 Å². The van der Waals surface area contributed by atoms with Gasteiger partial charge in [0.05, 0.1) is 24.5 Å². The number of esters is 1. The van der Waals surface area contributed by atoms with Crippen LogP contribution in [-0.4, -0.2) is 29.9 Å². The fourth-order valence-electron chi connectivity index (χ4n) is 3.32. The molecule has 2 heterocycles. The number of methoxy groups -OCH3 is 1. The highest BCUT2D eigenvalue weighted by molar-refractivity contribution is 6.16. The maximum absolute atomic E-state index is 12.8. The number of amides is 1. The van der Waals surface area contributed by atoms with Gasteiger partial charge in [-0.15, -0.1) is 0 Å². The number of allylic oxidation sites excluding steroid dienone is 1. The number of furan rings is 1. The van der Waals surface area contributed by atoms with Crippen LogP contribution >= 0.6 is 0 Å². The zero-order chi connectivity index (χ0) is 15.7. The highest BCUT2D eigenvalue weighted by Crippen LogP contribution is 2.37. The zero-order valence-corrected chi connectivity index (χ0v) is 12.8. The molecule has 2 aliphatic rings. The van der Waals surface area contributed by atoms with Crippen LogP contribution in [0.2, 0.25) is 0 Å². The lowest BCUT2D eigenvalue weighted by Crippen LogP contribution is -2.34. The van der Waals surface area contributed by atoms with Crippen molar-refractivity contribution < 1.29 is 18.7 Å². The molecule has 116 valence electrons. The highest BCUT2D eigenvalue weighted by atomic mass is 16.5. The van der Waals surface area contributed by atoms with E-state index in [0.717, 1.165) is 25.7 Å². The monoisotopic (exact) mass is 301 g/mol. The first-order valence-corrected chi connectivity index (χ1v) is 7.52. The van der Waals surface area contributed by atoms with Crippen LogP contribution < -0.4 is 0 Å². The molecule has 0 radical (unpaired) electrons. The first-order valence-electron chi connectivity index (χ1n) is 7.52. The van der Waals surface area contributed by atoms with E-state index in [1.54, 1.807) is 23.1 Å². The molecule has 0 atom stereocenters. The maximum atomic E-state index is 12.8. The van der Waals surface area contributed by atoms with Crippen molar-refractivity contribution in [3.63, 3.8) is 0 Å². The maximum Gasteiger partial charge on any atom is 0.340 e. The standard InChI is InChI=1S/C17H19NO4/c1-11-15(17(20)21-2)14(10-13-8-5-9-22-13)16(19)18(11)12-6-3-4-7-12/h5,8-10,12H,3-4,6-7H2,1-2H3/b14-10-. The molecule has 0 saturated heterocycles. The number of hydrogen-bond acceptors (Lipinski definition) is 4. The molecule has 0 spiro atoms. The first kappa shape index (κ1) is 14.6. The van der Waals surface area contributed by atoms with Crippen LogP contribution in [0.4, 0.5) is 0 Å². The molecular formula is C17H19NO4. The van der Waals surface area contributed by atoms with Gasteiger partial charge < -0.3 is 14.1 Å². The van der Waals surface area contributed by atoms with Gasteiger partial charge in [0.2, 0.25) is 0 Å².